The predicted molar refractivity (Wildman–Crippen MR) is 94.7 cm³/mol. The molecule has 3 unspecified atom stereocenters. The van der Waals surface area contributed by atoms with Crippen LogP contribution in [0.5, 0.6) is 0 Å². The molecule has 0 aromatic heterocycles. The van der Waals surface area contributed by atoms with Gasteiger partial charge in [0.15, 0.2) is 6.79 Å². The van der Waals surface area contributed by atoms with Gasteiger partial charge in [-0.1, -0.05) is 19.4 Å². The van der Waals surface area contributed by atoms with Gasteiger partial charge in [-0.2, -0.15) is 0 Å². The summed E-state index contributed by atoms with van der Waals surface area (Å²) in [6.45, 7) is 7.54. The summed E-state index contributed by atoms with van der Waals surface area (Å²) in [6.07, 6.45) is 10.3. The zero-order chi connectivity index (χ0) is 18.2. The molecule has 0 heterocycles. The maximum Gasteiger partial charge on any atom is 0.333 e. The molecule has 0 aliphatic heterocycles. The van der Waals surface area contributed by atoms with Gasteiger partial charge in [-0.15, -0.1) is 0 Å². The van der Waals surface area contributed by atoms with Crippen molar-refractivity contribution in [2.24, 2.45) is 17.8 Å². The fraction of sp³-hybridized carbons (Fsp3) is 0.800. The first-order chi connectivity index (χ1) is 12.0. The van der Waals surface area contributed by atoms with Crippen molar-refractivity contribution in [3.8, 4) is 0 Å². The van der Waals surface area contributed by atoms with Gasteiger partial charge >= 0.3 is 11.9 Å². The number of ether oxygens (including phenoxy) is 3. The zero-order valence-corrected chi connectivity index (χ0v) is 15.6. The Kier molecular flexibility index (Phi) is 7.94. The Morgan fingerprint density at radius 1 is 1.04 bits per heavy atom. The Hall–Kier alpha value is -1.36. The molecule has 0 radical (unpaired) electrons. The van der Waals surface area contributed by atoms with E-state index in [-0.39, 0.29) is 24.8 Å². The predicted octanol–water partition coefficient (Wildman–Crippen LogP) is 4.01. The normalized spacial score (nSPS) is 27.5. The fourth-order valence-electron chi connectivity index (χ4n) is 4.09. The van der Waals surface area contributed by atoms with Crippen LogP contribution in [0.1, 0.15) is 65.2 Å². The largest absolute Gasteiger partial charge is 0.459 e. The molecule has 0 saturated heterocycles. The van der Waals surface area contributed by atoms with Crippen LogP contribution in [0.15, 0.2) is 12.2 Å². The van der Waals surface area contributed by atoms with Crippen molar-refractivity contribution in [2.75, 3.05) is 13.4 Å². The average Bonchev–Trinajstić information content (AvgIpc) is 3.30. The lowest BCUT2D eigenvalue weighted by molar-refractivity contribution is -0.154. The summed E-state index contributed by atoms with van der Waals surface area (Å²) >= 11 is 0. The first-order valence-corrected chi connectivity index (χ1v) is 9.53. The van der Waals surface area contributed by atoms with Gasteiger partial charge in [-0.05, 0) is 63.2 Å². The first-order valence-electron chi connectivity index (χ1n) is 9.53. The molecule has 3 aliphatic rings. The van der Waals surface area contributed by atoms with Gasteiger partial charge in [-0.25, -0.2) is 4.79 Å². The standard InChI is InChI=1S/C11H16O2.C9H16O3/c1-7(2)11(12)13-10-6-8-3-4-9(10)5-8;1-8(10)12-7-11-6-9-4-2-3-5-9/h8-10H,1,3-6H2,2H3;9H,2-7H2,1H3. The summed E-state index contributed by atoms with van der Waals surface area (Å²) in [4.78, 5) is 21.6. The molecule has 142 valence electrons. The van der Waals surface area contributed by atoms with Crippen LogP contribution in [-0.4, -0.2) is 31.4 Å². The van der Waals surface area contributed by atoms with E-state index in [4.69, 9.17) is 9.47 Å². The Morgan fingerprint density at radius 3 is 2.28 bits per heavy atom. The second-order valence-corrected chi connectivity index (χ2v) is 7.67. The number of hydrogen-bond donors (Lipinski definition) is 0. The molecule has 2 bridgehead atoms. The molecular weight excluding hydrogens is 320 g/mol. The van der Waals surface area contributed by atoms with Crippen LogP contribution < -0.4 is 0 Å². The van der Waals surface area contributed by atoms with E-state index in [1.54, 1.807) is 6.92 Å². The number of hydrogen-bond acceptors (Lipinski definition) is 5. The number of carbonyl (C=O) groups is 2. The van der Waals surface area contributed by atoms with Crippen LogP contribution in [0, 0.1) is 17.8 Å². The molecule has 5 heteroatoms. The molecule has 0 aromatic carbocycles. The lowest BCUT2D eigenvalue weighted by Crippen LogP contribution is -2.24. The maximum atomic E-state index is 11.3. The van der Waals surface area contributed by atoms with Gasteiger partial charge < -0.3 is 14.2 Å². The SMILES string of the molecule is C=C(C)C(=O)OC1CC2CCC1C2.CC(=O)OCOCC1CCCC1. The third-order valence-electron chi connectivity index (χ3n) is 5.45. The molecule has 3 atom stereocenters. The van der Waals surface area contributed by atoms with Crippen molar-refractivity contribution in [3.63, 3.8) is 0 Å². The van der Waals surface area contributed by atoms with Gasteiger partial charge in [0.2, 0.25) is 0 Å². The molecular formula is C20H32O5. The first kappa shape index (κ1) is 20.0. The quantitative estimate of drug-likeness (QED) is 0.313. The van der Waals surface area contributed by atoms with Crippen molar-refractivity contribution in [1.82, 2.24) is 0 Å². The van der Waals surface area contributed by atoms with E-state index in [1.165, 1.54) is 51.9 Å². The molecule has 0 N–H and O–H groups in total. The summed E-state index contributed by atoms with van der Waals surface area (Å²) < 4.78 is 15.2. The molecule has 0 aromatic rings. The van der Waals surface area contributed by atoms with Gasteiger partial charge in [-0.3, -0.25) is 4.79 Å². The minimum atomic E-state index is -0.276. The summed E-state index contributed by atoms with van der Waals surface area (Å²) in [6, 6.07) is 0. The molecule has 25 heavy (non-hydrogen) atoms. The molecule has 3 fully saturated rings. The van der Waals surface area contributed by atoms with Crippen molar-refractivity contribution in [1.29, 1.82) is 0 Å². The Morgan fingerprint density at radius 2 is 1.76 bits per heavy atom. The highest BCUT2D eigenvalue weighted by Gasteiger charge is 2.41. The van der Waals surface area contributed by atoms with E-state index in [0.29, 0.717) is 17.4 Å². The Balaban J connectivity index is 0.000000181. The number of esters is 2. The Labute approximate surface area is 151 Å². The monoisotopic (exact) mass is 352 g/mol. The highest BCUT2D eigenvalue weighted by Crippen LogP contribution is 2.45. The topological polar surface area (TPSA) is 61.8 Å². The number of carbonyl (C=O) groups excluding carboxylic acids is 2. The second kappa shape index (κ2) is 9.95. The lowest BCUT2D eigenvalue weighted by Gasteiger charge is -2.21. The van der Waals surface area contributed by atoms with E-state index in [0.717, 1.165) is 18.9 Å². The van der Waals surface area contributed by atoms with Gasteiger partial charge in [0, 0.05) is 12.5 Å². The average molecular weight is 352 g/mol. The van der Waals surface area contributed by atoms with Crippen LogP contribution in [0.2, 0.25) is 0 Å². The summed E-state index contributed by atoms with van der Waals surface area (Å²) in [5.41, 5.74) is 0.516. The Bertz CT molecular complexity index is 467. The minimum Gasteiger partial charge on any atom is -0.459 e. The second-order valence-electron chi connectivity index (χ2n) is 7.67. The van der Waals surface area contributed by atoms with Crippen LogP contribution in [0.4, 0.5) is 0 Å². The van der Waals surface area contributed by atoms with Crippen LogP contribution in [0.25, 0.3) is 0 Å². The highest BCUT2D eigenvalue weighted by molar-refractivity contribution is 5.87. The molecule has 0 spiro atoms. The molecule has 5 nitrogen and oxygen atoms in total. The van der Waals surface area contributed by atoms with E-state index in [9.17, 15) is 9.59 Å². The number of rotatable bonds is 6. The zero-order valence-electron chi connectivity index (χ0n) is 15.6. The maximum absolute atomic E-state index is 11.3. The van der Waals surface area contributed by atoms with E-state index in [2.05, 4.69) is 11.3 Å². The summed E-state index contributed by atoms with van der Waals surface area (Å²) in [5, 5.41) is 0. The number of fused-ring (bicyclic) bond motifs is 2. The minimum absolute atomic E-state index is 0.117. The fourth-order valence-corrected chi connectivity index (χ4v) is 4.09. The van der Waals surface area contributed by atoms with Crippen LogP contribution >= 0.6 is 0 Å². The van der Waals surface area contributed by atoms with Crippen molar-refractivity contribution in [2.45, 2.75) is 71.3 Å². The molecule has 0 amide bonds. The van der Waals surface area contributed by atoms with Crippen molar-refractivity contribution < 1.29 is 23.8 Å². The van der Waals surface area contributed by atoms with Crippen LogP contribution in [0.3, 0.4) is 0 Å². The summed E-state index contributed by atoms with van der Waals surface area (Å²) in [7, 11) is 0. The third kappa shape index (κ3) is 6.81. The van der Waals surface area contributed by atoms with E-state index in [1.807, 2.05) is 0 Å². The highest BCUT2D eigenvalue weighted by atomic mass is 16.7. The molecule has 3 rings (SSSR count). The lowest BCUT2D eigenvalue weighted by atomic mass is 9.98. The van der Waals surface area contributed by atoms with Crippen LogP contribution in [-0.2, 0) is 23.8 Å². The molecule has 3 saturated carbocycles. The van der Waals surface area contributed by atoms with E-state index < -0.39 is 0 Å². The van der Waals surface area contributed by atoms with E-state index >= 15 is 0 Å². The third-order valence-corrected chi connectivity index (χ3v) is 5.45. The van der Waals surface area contributed by atoms with Gasteiger partial charge in [0.1, 0.15) is 6.10 Å². The van der Waals surface area contributed by atoms with Gasteiger partial charge in [0.05, 0.1) is 6.61 Å². The summed E-state index contributed by atoms with van der Waals surface area (Å²) in [5.74, 6) is 1.68. The van der Waals surface area contributed by atoms with Crippen molar-refractivity contribution in [3.05, 3.63) is 12.2 Å². The van der Waals surface area contributed by atoms with Gasteiger partial charge in [0.25, 0.3) is 0 Å². The smallest absolute Gasteiger partial charge is 0.333 e. The molecule has 3 aliphatic carbocycles. The van der Waals surface area contributed by atoms with Crippen molar-refractivity contribution >= 4 is 11.9 Å².